The first-order chi connectivity index (χ1) is 18.4. The number of anilines is 1. The van der Waals surface area contributed by atoms with Crippen LogP contribution in [-0.4, -0.2) is 42.1 Å². The number of carbonyl (C=O) groups is 1. The van der Waals surface area contributed by atoms with E-state index in [4.69, 9.17) is 9.84 Å². The monoisotopic (exact) mass is 581 g/mol. The summed E-state index contributed by atoms with van der Waals surface area (Å²) in [6.45, 7) is 0.218. The number of aromatic nitrogens is 1. The maximum atomic E-state index is 13.0. The minimum atomic E-state index is -4.12. The van der Waals surface area contributed by atoms with Gasteiger partial charge in [0.25, 0.3) is 0 Å². The normalized spacial score (nSPS) is 20.0. The van der Waals surface area contributed by atoms with Crippen molar-refractivity contribution in [1.82, 2.24) is 9.29 Å². The van der Waals surface area contributed by atoms with Gasteiger partial charge in [0, 0.05) is 10.4 Å². The van der Waals surface area contributed by atoms with Crippen molar-refractivity contribution >= 4 is 33.2 Å². The van der Waals surface area contributed by atoms with Crippen molar-refractivity contribution < 1.29 is 36.2 Å². The van der Waals surface area contributed by atoms with Gasteiger partial charge in [0.2, 0.25) is 0 Å². The second-order valence-corrected chi connectivity index (χ2v) is 12.5. The molecule has 2 heterocycles. The highest BCUT2D eigenvalue weighted by atomic mass is 32.2. The Kier molecular flexibility index (Phi) is 7.33. The average Bonchev–Trinajstić information content (AvgIpc) is 3.49. The second-order valence-electron chi connectivity index (χ2n) is 9.70. The van der Waals surface area contributed by atoms with Gasteiger partial charge < -0.3 is 9.84 Å². The molecule has 1 fully saturated rings. The highest BCUT2D eigenvalue weighted by Gasteiger charge is 2.41. The third-order valence-corrected chi connectivity index (χ3v) is 9.82. The highest BCUT2D eigenvalue weighted by molar-refractivity contribution is 7.90. The van der Waals surface area contributed by atoms with Gasteiger partial charge >= 0.3 is 22.4 Å². The molecule has 3 aromatic rings. The van der Waals surface area contributed by atoms with Gasteiger partial charge in [-0.25, -0.2) is 9.78 Å². The molecule has 0 amide bonds. The SMILES string of the molecule is COc1cc(C(=O)O)ccc1NS(=O)(=O)N1Cc2nc(-c3ccc(C4CCC(C(F)(F)F)CC4)cc3)sc2C1. The molecule has 5 rings (SSSR count). The zero-order valence-electron chi connectivity index (χ0n) is 20.9. The van der Waals surface area contributed by atoms with Crippen molar-refractivity contribution in [3.8, 4) is 16.3 Å². The molecule has 1 aliphatic carbocycles. The van der Waals surface area contributed by atoms with E-state index in [1.165, 1.54) is 41.0 Å². The quantitative estimate of drug-likeness (QED) is 0.353. The minimum absolute atomic E-state index is 0.0308. The van der Waals surface area contributed by atoms with Crippen molar-refractivity contribution in [2.75, 3.05) is 11.8 Å². The number of fused-ring (bicyclic) bond motifs is 1. The molecule has 2 N–H and O–H groups in total. The number of ether oxygens (including phenoxy) is 1. The van der Waals surface area contributed by atoms with E-state index in [0.29, 0.717) is 18.5 Å². The Morgan fingerprint density at radius 2 is 1.79 bits per heavy atom. The fourth-order valence-electron chi connectivity index (χ4n) is 5.07. The molecule has 13 heteroatoms. The molecule has 39 heavy (non-hydrogen) atoms. The standard InChI is InChI=1S/C26H26F3N3O5S2/c1-37-22-12-18(25(33)34)8-11-20(22)31-39(35,36)32-13-21-23(14-32)38-24(30-21)17-4-2-15(3-5-17)16-6-9-19(10-7-16)26(27,28)29/h2-5,8,11-12,16,19,31H,6-7,9-10,13-14H2,1H3,(H,33,34). The van der Waals surface area contributed by atoms with Crippen LogP contribution in [0.3, 0.4) is 0 Å². The number of hydrogen-bond acceptors (Lipinski definition) is 6. The number of rotatable bonds is 7. The summed E-state index contributed by atoms with van der Waals surface area (Å²) >= 11 is 1.40. The fraction of sp³-hybridized carbons (Fsp3) is 0.385. The molecule has 8 nitrogen and oxygen atoms in total. The molecule has 0 spiro atoms. The van der Waals surface area contributed by atoms with Crippen LogP contribution in [0.2, 0.25) is 0 Å². The van der Waals surface area contributed by atoms with Gasteiger partial charge in [-0.3, -0.25) is 4.72 Å². The number of benzene rings is 2. The van der Waals surface area contributed by atoms with Gasteiger partial charge in [-0.1, -0.05) is 24.3 Å². The highest BCUT2D eigenvalue weighted by Crippen LogP contribution is 2.43. The summed E-state index contributed by atoms with van der Waals surface area (Å²) in [6.07, 6.45) is -2.77. The first-order valence-corrected chi connectivity index (χ1v) is 14.5. The van der Waals surface area contributed by atoms with Crippen LogP contribution in [0.25, 0.3) is 10.6 Å². The maximum absolute atomic E-state index is 13.0. The molecule has 2 aliphatic rings. The lowest BCUT2D eigenvalue weighted by atomic mass is 9.78. The van der Waals surface area contributed by atoms with Crippen LogP contribution in [0.5, 0.6) is 5.75 Å². The van der Waals surface area contributed by atoms with Gasteiger partial charge in [0.05, 0.1) is 43.1 Å². The molecule has 0 saturated heterocycles. The summed E-state index contributed by atoms with van der Waals surface area (Å²) < 4.78 is 73.8. The molecule has 0 radical (unpaired) electrons. The second kappa shape index (κ2) is 10.4. The van der Waals surface area contributed by atoms with Crippen LogP contribution in [0.1, 0.15) is 58.1 Å². The van der Waals surface area contributed by atoms with Crippen LogP contribution < -0.4 is 9.46 Å². The van der Waals surface area contributed by atoms with Crippen molar-refractivity contribution in [1.29, 1.82) is 0 Å². The van der Waals surface area contributed by atoms with Crippen LogP contribution in [0.4, 0.5) is 18.9 Å². The predicted octanol–water partition coefficient (Wildman–Crippen LogP) is 6.03. The summed E-state index contributed by atoms with van der Waals surface area (Å²) in [4.78, 5) is 16.7. The fourth-order valence-corrected chi connectivity index (χ4v) is 7.41. The average molecular weight is 582 g/mol. The Labute approximate surface area is 227 Å². The minimum Gasteiger partial charge on any atom is -0.495 e. The Bertz CT molecular complexity index is 1460. The van der Waals surface area contributed by atoms with E-state index >= 15 is 0 Å². The van der Waals surface area contributed by atoms with Gasteiger partial charge in [-0.05, 0) is 55.4 Å². The number of hydrogen-bond donors (Lipinski definition) is 2. The summed E-state index contributed by atoms with van der Waals surface area (Å²) in [5, 5.41) is 9.90. The number of halogens is 3. The molecule has 1 aromatic heterocycles. The predicted molar refractivity (Wildman–Crippen MR) is 140 cm³/mol. The summed E-state index contributed by atoms with van der Waals surface area (Å²) in [6, 6.07) is 11.6. The number of methoxy groups -OCH3 is 1. The van der Waals surface area contributed by atoms with Crippen LogP contribution in [0, 0.1) is 5.92 Å². The van der Waals surface area contributed by atoms with Crippen molar-refractivity contribution in [2.45, 2.75) is 50.9 Å². The van der Waals surface area contributed by atoms with E-state index in [0.717, 1.165) is 21.0 Å². The molecule has 0 bridgehead atoms. The Hall–Kier alpha value is -3.16. The largest absolute Gasteiger partial charge is 0.495 e. The number of nitrogens with zero attached hydrogens (tertiary/aromatic N) is 2. The number of thiazole rings is 1. The lowest BCUT2D eigenvalue weighted by molar-refractivity contribution is -0.182. The van der Waals surface area contributed by atoms with Crippen LogP contribution in [-0.2, 0) is 23.3 Å². The third kappa shape index (κ3) is 5.75. The number of carboxylic acid groups (broad SMARTS) is 1. The van der Waals surface area contributed by atoms with E-state index in [2.05, 4.69) is 9.71 Å². The number of aromatic carboxylic acids is 1. The lowest BCUT2D eigenvalue weighted by Crippen LogP contribution is -2.31. The number of carboxylic acids is 1. The van der Waals surface area contributed by atoms with E-state index < -0.39 is 28.3 Å². The Morgan fingerprint density at radius 3 is 2.38 bits per heavy atom. The third-order valence-electron chi connectivity index (χ3n) is 7.27. The number of alkyl halides is 3. The van der Waals surface area contributed by atoms with E-state index in [9.17, 15) is 26.4 Å². The van der Waals surface area contributed by atoms with Crippen LogP contribution in [0.15, 0.2) is 42.5 Å². The molecule has 2 aromatic carbocycles. The lowest BCUT2D eigenvalue weighted by Gasteiger charge is -2.30. The van der Waals surface area contributed by atoms with E-state index in [1.807, 2.05) is 24.3 Å². The summed E-state index contributed by atoms with van der Waals surface area (Å²) in [5.74, 6) is -2.16. The van der Waals surface area contributed by atoms with E-state index in [-0.39, 0.29) is 48.8 Å². The molecule has 1 saturated carbocycles. The Morgan fingerprint density at radius 1 is 1.10 bits per heavy atom. The first kappa shape index (κ1) is 27.4. The molecular weight excluding hydrogens is 555 g/mol. The van der Waals surface area contributed by atoms with Crippen molar-refractivity contribution in [2.24, 2.45) is 5.92 Å². The van der Waals surface area contributed by atoms with Gasteiger partial charge in [-0.2, -0.15) is 25.9 Å². The van der Waals surface area contributed by atoms with Crippen LogP contribution >= 0.6 is 11.3 Å². The van der Waals surface area contributed by atoms with Crippen molar-refractivity contribution in [3.63, 3.8) is 0 Å². The van der Waals surface area contributed by atoms with Gasteiger partial charge in [0.15, 0.2) is 0 Å². The smallest absolute Gasteiger partial charge is 0.391 e. The molecule has 0 unspecified atom stereocenters. The maximum Gasteiger partial charge on any atom is 0.391 e. The zero-order valence-corrected chi connectivity index (χ0v) is 22.5. The van der Waals surface area contributed by atoms with E-state index in [1.54, 1.807) is 0 Å². The number of nitrogens with one attached hydrogen (secondary N) is 1. The summed E-state index contributed by atoms with van der Waals surface area (Å²) in [7, 11) is -2.65. The topological polar surface area (TPSA) is 109 Å². The molecule has 1 aliphatic heterocycles. The van der Waals surface area contributed by atoms with Gasteiger partial charge in [-0.15, -0.1) is 11.3 Å². The first-order valence-electron chi connectivity index (χ1n) is 12.3. The Balaban J connectivity index is 1.23. The van der Waals surface area contributed by atoms with Crippen molar-refractivity contribution in [3.05, 3.63) is 64.2 Å². The summed E-state index contributed by atoms with van der Waals surface area (Å²) in [5.41, 5.74) is 2.65. The molecule has 0 atom stereocenters. The molecular formula is C26H26F3N3O5S2. The molecule has 208 valence electrons. The zero-order chi connectivity index (χ0) is 27.9. The van der Waals surface area contributed by atoms with Gasteiger partial charge in [0.1, 0.15) is 10.8 Å².